The summed E-state index contributed by atoms with van der Waals surface area (Å²) in [6.07, 6.45) is -30.3. The van der Waals surface area contributed by atoms with E-state index in [2.05, 4.69) is 0 Å². The molecule has 0 N–H and O–H groups in total. The third-order valence-corrected chi connectivity index (χ3v) is 2.15. The summed E-state index contributed by atoms with van der Waals surface area (Å²) in [6, 6.07) is -7.92. The first-order valence-corrected chi connectivity index (χ1v) is 5.05. The molecule has 0 rings (SSSR count). The van der Waals surface area contributed by atoms with Crippen LogP contribution < -0.4 is 0 Å². The molecule has 0 aromatic rings. The Morgan fingerprint density at radius 3 is 1.00 bits per heavy atom. The first kappa shape index (κ1) is 24.7. The number of halogens is 17. The molecule has 0 aliphatic heterocycles. The highest BCUT2D eigenvalue weighted by molar-refractivity contribution is 4.91. The maximum absolute atomic E-state index is 12.8. The van der Waals surface area contributed by atoms with Gasteiger partial charge in [0.15, 0.2) is 0 Å². The van der Waals surface area contributed by atoms with Crippen LogP contribution in [0.3, 0.4) is 0 Å². The Morgan fingerprint density at radius 2 is 0.769 bits per heavy atom. The van der Waals surface area contributed by atoms with Gasteiger partial charge < -0.3 is 0 Å². The van der Waals surface area contributed by atoms with Crippen LogP contribution in [-0.4, -0.2) is 47.7 Å². The summed E-state index contributed by atoms with van der Waals surface area (Å²) in [7, 11) is 0. The lowest BCUT2D eigenvalue weighted by molar-refractivity contribution is -0.570. The van der Waals surface area contributed by atoms with E-state index in [1.807, 2.05) is 0 Å². The molecule has 0 atom stereocenters. The average Bonchev–Trinajstić information content (AvgIpc) is 2.31. The van der Waals surface area contributed by atoms with Gasteiger partial charge in [-0.25, -0.2) is 4.84 Å². The lowest BCUT2D eigenvalue weighted by Crippen LogP contribution is -2.67. The summed E-state index contributed by atoms with van der Waals surface area (Å²) in [5, 5.41) is -4.24. The number of hydrogen-bond acceptors (Lipinski definition) is 2. The molecule has 0 aliphatic rings. The molecule has 2 nitrogen and oxygen atoms in total. The largest absolute Gasteiger partial charge is 0.488 e. The van der Waals surface area contributed by atoms with Crippen LogP contribution in [0.25, 0.3) is 0 Å². The van der Waals surface area contributed by atoms with Crippen molar-refractivity contribution in [3.63, 3.8) is 0 Å². The molecule has 0 aromatic carbocycles. The fourth-order valence-electron chi connectivity index (χ4n) is 0.903. The van der Waals surface area contributed by atoms with Crippen LogP contribution in [0.2, 0.25) is 0 Å². The van der Waals surface area contributed by atoms with Crippen molar-refractivity contribution in [2.75, 3.05) is 0 Å². The predicted octanol–water partition coefficient (Wildman–Crippen LogP) is 5.32. The third kappa shape index (κ3) is 4.01. The molecule has 0 amide bonds. The van der Waals surface area contributed by atoms with E-state index in [4.69, 9.17) is 0 Å². The van der Waals surface area contributed by atoms with E-state index < -0.39 is 47.7 Å². The fourth-order valence-corrected chi connectivity index (χ4v) is 0.903. The van der Waals surface area contributed by atoms with Gasteiger partial charge in [-0.15, -0.1) is 0 Å². The second-order valence-electron chi connectivity index (χ2n) is 4.06. The van der Waals surface area contributed by atoms with Crippen LogP contribution in [-0.2, 0) is 4.84 Å². The van der Waals surface area contributed by atoms with Crippen molar-refractivity contribution >= 4 is 0 Å². The average molecular weight is 437 g/mol. The minimum Gasteiger partial charge on any atom is -0.211 e. The van der Waals surface area contributed by atoms with Gasteiger partial charge in [-0.3, -0.25) is 0 Å². The van der Waals surface area contributed by atoms with Gasteiger partial charge >= 0.3 is 42.7 Å². The maximum Gasteiger partial charge on any atom is 0.488 e. The molecule has 0 fully saturated rings. The molecule has 0 bridgehead atoms. The van der Waals surface area contributed by atoms with Gasteiger partial charge in [0.05, 0.1) is 0 Å². The van der Waals surface area contributed by atoms with Crippen molar-refractivity contribution in [1.82, 2.24) is 5.06 Å². The van der Waals surface area contributed by atoms with Crippen LogP contribution >= 0.6 is 0 Å². The minimum atomic E-state index is -7.92. The number of alkyl halides is 17. The second kappa shape index (κ2) is 6.13. The van der Waals surface area contributed by atoms with Crippen molar-refractivity contribution in [1.29, 1.82) is 0 Å². The molecule has 26 heavy (non-hydrogen) atoms. The topological polar surface area (TPSA) is 12.5 Å². The molecule has 158 valence electrons. The van der Waals surface area contributed by atoms with Gasteiger partial charge in [0, 0.05) is 0 Å². The van der Waals surface area contributed by atoms with E-state index in [-0.39, 0.29) is 0 Å². The van der Waals surface area contributed by atoms with Gasteiger partial charge in [-0.1, -0.05) is 0 Å². The van der Waals surface area contributed by atoms with Gasteiger partial charge in [0.2, 0.25) is 0 Å². The molecule has 0 saturated carbocycles. The summed E-state index contributed by atoms with van der Waals surface area (Å²) in [6.45, 7) is 0. The van der Waals surface area contributed by atoms with Crippen molar-refractivity contribution in [2.24, 2.45) is 0 Å². The molecular formula is C7F17NO. The van der Waals surface area contributed by atoms with Gasteiger partial charge in [-0.2, -0.15) is 74.6 Å². The zero-order valence-corrected chi connectivity index (χ0v) is 10.8. The summed E-state index contributed by atoms with van der Waals surface area (Å²) >= 11 is 0. The highest BCUT2D eigenvalue weighted by Crippen LogP contribution is 2.54. The van der Waals surface area contributed by atoms with E-state index >= 15 is 0 Å². The Hall–Kier alpha value is -1.27. The zero-order chi connectivity index (χ0) is 21.8. The van der Waals surface area contributed by atoms with Crippen molar-refractivity contribution in [2.45, 2.75) is 42.7 Å². The molecule has 0 heterocycles. The molecule has 0 unspecified atom stereocenters. The van der Waals surface area contributed by atoms with Crippen LogP contribution in [0, 0.1) is 0 Å². The molecular weight excluding hydrogens is 437 g/mol. The Kier molecular flexibility index (Phi) is 5.83. The number of rotatable bonds is 5. The van der Waals surface area contributed by atoms with E-state index in [1.54, 1.807) is 0 Å². The Morgan fingerprint density at radius 1 is 0.462 bits per heavy atom. The monoisotopic (exact) mass is 437 g/mol. The highest BCUT2D eigenvalue weighted by Gasteiger charge is 2.83. The van der Waals surface area contributed by atoms with E-state index in [0.717, 1.165) is 0 Å². The van der Waals surface area contributed by atoms with Crippen LogP contribution in [0.5, 0.6) is 0 Å². The number of nitrogens with zero attached hydrogens (tertiary/aromatic N) is 1. The molecule has 19 heteroatoms. The molecule has 0 aliphatic carbocycles. The van der Waals surface area contributed by atoms with Gasteiger partial charge in [0.1, 0.15) is 0 Å². The Balaban J connectivity index is 6.29. The lowest BCUT2D eigenvalue weighted by atomic mass is 10.2. The maximum atomic E-state index is 12.8. The normalized spacial score (nSPS) is 16.4. The molecule has 0 radical (unpaired) electrons. The number of hydroxylamine groups is 2. The Labute approximate surface area is 129 Å². The van der Waals surface area contributed by atoms with E-state index in [1.165, 1.54) is 4.84 Å². The third-order valence-electron chi connectivity index (χ3n) is 2.15. The van der Waals surface area contributed by atoms with Crippen molar-refractivity contribution in [3.05, 3.63) is 0 Å². The van der Waals surface area contributed by atoms with Gasteiger partial charge in [-0.05, 0) is 5.06 Å². The second-order valence-corrected chi connectivity index (χ2v) is 4.06. The van der Waals surface area contributed by atoms with E-state index in [0.29, 0.717) is 0 Å². The van der Waals surface area contributed by atoms with Crippen molar-refractivity contribution in [3.8, 4) is 0 Å². The fraction of sp³-hybridized carbons (Fsp3) is 1.00. The SMILES string of the molecule is FC(F)(F)N(OC(F)(F)C(F)(F)C(F)(F)F)C(F)(F)C(F)(F)C(F)(F)F. The Bertz CT molecular complexity index is 497. The summed E-state index contributed by atoms with van der Waals surface area (Å²) in [5.74, 6) is -15.6. The highest BCUT2D eigenvalue weighted by atomic mass is 19.4. The molecule has 0 aromatic heterocycles. The first-order chi connectivity index (χ1) is 10.8. The lowest BCUT2D eigenvalue weighted by Gasteiger charge is -2.38. The summed E-state index contributed by atoms with van der Waals surface area (Å²) in [5.41, 5.74) is 0. The van der Waals surface area contributed by atoms with Crippen LogP contribution in [0.4, 0.5) is 74.6 Å². The standard InChI is InChI=1S/C7F17NO/c8-1(9,3(12,13)14)5(18,19)25(7(22,23)24)26-6(20,21)2(10,11)4(15,16)17. The molecule has 0 spiro atoms. The predicted molar refractivity (Wildman–Crippen MR) is 40.9 cm³/mol. The number of hydrogen-bond donors (Lipinski definition) is 0. The molecule has 0 saturated heterocycles. The zero-order valence-electron chi connectivity index (χ0n) is 10.8. The quantitative estimate of drug-likeness (QED) is 0.328. The van der Waals surface area contributed by atoms with Crippen LogP contribution in [0.15, 0.2) is 0 Å². The van der Waals surface area contributed by atoms with Gasteiger partial charge in [0.25, 0.3) is 0 Å². The minimum absolute atomic E-state index is 1.32. The van der Waals surface area contributed by atoms with E-state index in [9.17, 15) is 74.6 Å². The van der Waals surface area contributed by atoms with Crippen molar-refractivity contribution < 1.29 is 79.5 Å². The van der Waals surface area contributed by atoms with Crippen LogP contribution in [0.1, 0.15) is 0 Å². The summed E-state index contributed by atoms with van der Waals surface area (Å²) < 4.78 is 207. The first-order valence-electron chi connectivity index (χ1n) is 5.05. The smallest absolute Gasteiger partial charge is 0.211 e. The summed E-state index contributed by atoms with van der Waals surface area (Å²) in [4.78, 5) is 1.32.